The van der Waals surface area contributed by atoms with Gasteiger partial charge in [-0.15, -0.1) is 0 Å². The van der Waals surface area contributed by atoms with E-state index >= 15 is 0 Å². The highest BCUT2D eigenvalue weighted by atomic mass is 32.1. The highest BCUT2D eigenvalue weighted by Crippen LogP contribution is 2.41. The number of aliphatic hydroxyl groups excluding tert-OH is 1. The molecule has 2 saturated heterocycles. The molecule has 1 aromatic heterocycles. The van der Waals surface area contributed by atoms with Crippen LogP contribution in [0.5, 0.6) is 0 Å². The van der Waals surface area contributed by atoms with Crippen LogP contribution in [0.4, 0.5) is 5.13 Å². The van der Waals surface area contributed by atoms with Gasteiger partial charge < -0.3 is 10.4 Å². The van der Waals surface area contributed by atoms with Crippen LogP contribution in [0.2, 0.25) is 0 Å². The first kappa shape index (κ1) is 12.0. The Morgan fingerprint density at radius 2 is 2.17 bits per heavy atom. The number of hydrogen-bond acceptors (Lipinski definition) is 6. The molecule has 1 amide bonds. The summed E-state index contributed by atoms with van der Waals surface area (Å²) in [6.45, 7) is 2.38. The van der Waals surface area contributed by atoms with E-state index in [1.807, 2.05) is 0 Å². The Kier molecular flexibility index (Phi) is 3.04. The third-order valence-electron chi connectivity index (χ3n) is 3.90. The van der Waals surface area contributed by atoms with Crippen LogP contribution in [0.25, 0.3) is 0 Å². The minimum atomic E-state index is -0.184. The van der Waals surface area contributed by atoms with Crippen molar-refractivity contribution < 1.29 is 9.90 Å². The molecule has 0 unspecified atom stereocenters. The molecule has 3 heterocycles. The van der Waals surface area contributed by atoms with Crippen molar-refractivity contribution in [3.8, 4) is 0 Å². The van der Waals surface area contributed by atoms with Crippen LogP contribution in [0.15, 0.2) is 0 Å². The average Bonchev–Trinajstić information content (AvgIpc) is 2.98. The monoisotopic (exact) mass is 268 g/mol. The van der Waals surface area contributed by atoms with Crippen molar-refractivity contribution in [1.82, 2.24) is 14.7 Å². The van der Waals surface area contributed by atoms with Gasteiger partial charge in [0, 0.05) is 18.1 Å². The normalized spacial score (nSPS) is 22.9. The summed E-state index contributed by atoms with van der Waals surface area (Å²) in [6, 6.07) is 0. The average molecular weight is 268 g/mol. The summed E-state index contributed by atoms with van der Waals surface area (Å²) in [7, 11) is 0. The molecule has 0 aliphatic carbocycles. The molecule has 7 heteroatoms. The predicted molar refractivity (Wildman–Crippen MR) is 67.3 cm³/mol. The van der Waals surface area contributed by atoms with Gasteiger partial charge in [-0.25, -0.2) is 4.98 Å². The quantitative estimate of drug-likeness (QED) is 0.797. The molecule has 0 bridgehead atoms. The topological polar surface area (TPSA) is 78.4 Å². The first-order valence-corrected chi connectivity index (χ1v) is 6.99. The Labute approximate surface area is 109 Å². The fourth-order valence-electron chi connectivity index (χ4n) is 2.79. The molecule has 0 atom stereocenters. The highest BCUT2D eigenvalue weighted by molar-refractivity contribution is 7.09. The molecule has 0 aromatic carbocycles. The first-order chi connectivity index (χ1) is 8.75. The van der Waals surface area contributed by atoms with E-state index in [2.05, 4.69) is 14.7 Å². The summed E-state index contributed by atoms with van der Waals surface area (Å²) in [6.07, 6.45) is 2.73. The lowest BCUT2D eigenvalue weighted by Crippen LogP contribution is -2.42. The Morgan fingerprint density at radius 1 is 1.39 bits per heavy atom. The van der Waals surface area contributed by atoms with Crippen molar-refractivity contribution in [1.29, 1.82) is 0 Å². The van der Waals surface area contributed by atoms with Crippen molar-refractivity contribution in [3.05, 3.63) is 5.82 Å². The van der Waals surface area contributed by atoms with Gasteiger partial charge in [0.2, 0.25) is 11.0 Å². The number of aromatic nitrogens is 2. The fourth-order valence-corrected chi connectivity index (χ4v) is 3.50. The maximum Gasteiger partial charge on any atom is 0.235 e. The maximum absolute atomic E-state index is 12.6. The van der Waals surface area contributed by atoms with Gasteiger partial charge in [-0.1, -0.05) is 0 Å². The van der Waals surface area contributed by atoms with Gasteiger partial charge in [0.15, 0.2) is 5.82 Å². The Bertz CT molecular complexity index is 456. The molecule has 1 aromatic rings. The zero-order chi connectivity index (χ0) is 12.6. The van der Waals surface area contributed by atoms with E-state index < -0.39 is 0 Å². The number of piperidine rings is 1. The largest absolute Gasteiger partial charge is 0.388 e. The van der Waals surface area contributed by atoms with Crippen molar-refractivity contribution in [2.75, 3.05) is 24.5 Å². The molecule has 98 valence electrons. The van der Waals surface area contributed by atoms with Gasteiger partial charge in [-0.2, -0.15) is 4.37 Å². The zero-order valence-electron chi connectivity index (χ0n) is 10.1. The standard InChI is InChI=1S/C11H16N4O2S/c16-7-8-13-10(18-14-8)15-6-3-11(9(15)17)1-4-12-5-2-11/h12,16H,1-7H2. The third-order valence-corrected chi connectivity index (χ3v) is 4.68. The van der Waals surface area contributed by atoms with E-state index in [-0.39, 0.29) is 17.9 Å². The Balaban J connectivity index is 1.81. The maximum atomic E-state index is 12.6. The Hall–Kier alpha value is -1.05. The molecule has 2 fully saturated rings. The minimum Gasteiger partial charge on any atom is -0.388 e. The number of carbonyl (C=O) groups excluding carboxylic acids is 1. The summed E-state index contributed by atoms with van der Waals surface area (Å²) in [5.41, 5.74) is -0.184. The van der Waals surface area contributed by atoms with Crippen LogP contribution in [0.3, 0.4) is 0 Å². The molecule has 0 saturated carbocycles. The van der Waals surface area contributed by atoms with Crippen LogP contribution in [0, 0.1) is 5.41 Å². The number of aliphatic hydroxyl groups is 1. The predicted octanol–water partition coefficient (Wildman–Crippen LogP) is 0.137. The zero-order valence-corrected chi connectivity index (χ0v) is 10.9. The van der Waals surface area contributed by atoms with Crippen LogP contribution < -0.4 is 10.2 Å². The highest BCUT2D eigenvalue weighted by Gasteiger charge is 2.48. The summed E-state index contributed by atoms with van der Waals surface area (Å²) < 4.78 is 4.02. The van der Waals surface area contributed by atoms with E-state index in [0.717, 1.165) is 38.9 Å². The summed E-state index contributed by atoms with van der Waals surface area (Å²) in [5, 5.41) is 12.9. The molecule has 6 nitrogen and oxygen atoms in total. The first-order valence-electron chi connectivity index (χ1n) is 6.21. The number of nitrogens with zero attached hydrogens (tertiary/aromatic N) is 3. The smallest absolute Gasteiger partial charge is 0.235 e. The summed E-state index contributed by atoms with van der Waals surface area (Å²) in [4.78, 5) is 18.5. The molecule has 2 aliphatic heterocycles. The van der Waals surface area contributed by atoms with Crippen LogP contribution >= 0.6 is 11.5 Å². The lowest BCUT2D eigenvalue weighted by atomic mass is 9.78. The number of hydrogen-bond donors (Lipinski definition) is 2. The molecular weight excluding hydrogens is 252 g/mol. The van der Waals surface area contributed by atoms with Crippen LogP contribution in [0.1, 0.15) is 25.1 Å². The number of nitrogens with one attached hydrogen (secondary N) is 1. The lowest BCUT2D eigenvalue weighted by molar-refractivity contribution is -0.126. The molecule has 18 heavy (non-hydrogen) atoms. The van der Waals surface area contributed by atoms with E-state index in [0.29, 0.717) is 11.0 Å². The second-order valence-electron chi connectivity index (χ2n) is 4.89. The van der Waals surface area contributed by atoms with Crippen molar-refractivity contribution in [3.63, 3.8) is 0 Å². The molecule has 2 aliphatic rings. The number of carbonyl (C=O) groups is 1. The van der Waals surface area contributed by atoms with E-state index in [4.69, 9.17) is 5.11 Å². The van der Waals surface area contributed by atoms with Crippen molar-refractivity contribution in [2.24, 2.45) is 5.41 Å². The third kappa shape index (κ3) is 1.82. The number of anilines is 1. The molecule has 0 radical (unpaired) electrons. The van der Waals surface area contributed by atoms with Gasteiger partial charge in [-0.3, -0.25) is 9.69 Å². The molecule has 2 N–H and O–H groups in total. The van der Waals surface area contributed by atoms with Gasteiger partial charge >= 0.3 is 0 Å². The minimum absolute atomic E-state index is 0.173. The number of rotatable bonds is 2. The van der Waals surface area contributed by atoms with Gasteiger partial charge in [-0.05, 0) is 32.4 Å². The fraction of sp³-hybridized carbons (Fsp3) is 0.727. The second-order valence-corrected chi connectivity index (χ2v) is 5.62. The number of amides is 1. The Morgan fingerprint density at radius 3 is 2.83 bits per heavy atom. The second kappa shape index (κ2) is 4.56. The molecular formula is C11H16N4O2S. The SMILES string of the molecule is O=C1N(c2nc(CO)ns2)CCC12CCNCC2. The lowest BCUT2D eigenvalue weighted by Gasteiger charge is -2.31. The van der Waals surface area contributed by atoms with E-state index in [1.165, 1.54) is 11.5 Å². The van der Waals surface area contributed by atoms with Gasteiger partial charge in [0.1, 0.15) is 6.61 Å². The molecule has 3 rings (SSSR count). The van der Waals surface area contributed by atoms with Crippen LogP contribution in [-0.2, 0) is 11.4 Å². The van der Waals surface area contributed by atoms with Crippen molar-refractivity contribution >= 4 is 22.6 Å². The van der Waals surface area contributed by atoms with E-state index in [1.54, 1.807) is 4.90 Å². The van der Waals surface area contributed by atoms with Crippen LogP contribution in [-0.4, -0.2) is 40.0 Å². The van der Waals surface area contributed by atoms with Crippen molar-refractivity contribution in [2.45, 2.75) is 25.9 Å². The van der Waals surface area contributed by atoms with Gasteiger partial charge in [0.25, 0.3) is 0 Å². The summed E-state index contributed by atoms with van der Waals surface area (Å²) in [5.74, 6) is 0.582. The summed E-state index contributed by atoms with van der Waals surface area (Å²) >= 11 is 1.19. The van der Waals surface area contributed by atoms with E-state index in [9.17, 15) is 4.79 Å². The molecule has 1 spiro atoms. The van der Waals surface area contributed by atoms with Gasteiger partial charge in [0.05, 0.1) is 5.41 Å².